The summed E-state index contributed by atoms with van der Waals surface area (Å²) in [5, 5.41) is 10.5. The van der Waals surface area contributed by atoms with E-state index in [1.54, 1.807) is 0 Å². The molecule has 1 saturated heterocycles. The van der Waals surface area contributed by atoms with Gasteiger partial charge in [0.1, 0.15) is 0 Å². The van der Waals surface area contributed by atoms with Gasteiger partial charge in [-0.1, -0.05) is 42.5 Å². The van der Waals surface area contributed by atoms with E-state index in [9.17, 15) is 0 Å². The molecule has 1 atom stereocenters. The number of guanidine groups is 1. The summed E-state index contributed by atoms with van der Waals surface area (Å²) in [5.41, 5.74) is 2.71. The molecular formula is C22H28IN5. The third-order valence-electron chi connectivity index (χ3n) is 5.45. The first-order valence-corrected chi connectivity index (χ1v) is 9.65. The van der Waals surface area contributed by atoms with E-state index in [4.69, 9.17) is 0 Å². The lowest BCUT2D eigenvalue weighted by Gasteiger charge is -2.21. The van der Waals surface area contributed by atoms with Crippen molar-refractivity contribution >= 4 is 40.7 Å². The van der Waals surface area contributed by atoms with Gasteiger partial charge in [0.25, 0.3) is 0 Å². The zero-order valence-corrected chi connectivity index (χ0v) is 18.8. The highest BCUT2D eigenvalue weighted by atomic mass is 127. The molecule has 5 nitrogen and oxygen atoms in total. The fraction of sp³-hybridized carbons (Fsp3) is 0.364. The smallest absolute Gasteiger partial charge is 0.193 e. The van der Waals surface area contributed by atoms with Crippen molar-refractivity contribution in [2.24, 2.45) is 12.0 Å². The Hall–Kier alpha value is -2.09. The molecule has 1 fully saturated rings. The van der Waals surface area contributed by atoms with Crippen molar-refractivity contribution in [2.45, 2.75) is 18.8 Å². The summed E-state index contributed by atoms with van der Waals surface area (Å²) in [6, 6.07) is 15.1. The molecule has 4 rings (SSSR count). The fourth-order valence-corrected chi connectivity index (χ4v) is 4.03. The van der Waals surface area contributed by atoms with Gasteiger partial charge >= 0.3 is 0 Å². The van der Waals surface area contributed by atoms with Crippen LogP contribution in [0.3, 0.4) is 0 Å². The van der Waals surface area contributed by atoms with Crippen LogP contribution in [0.1, 0.15) is 23.5 Å². The van der Waals surface area contributed by atoms with E-state index in [0.29, 0.717) is 5.92 Å². The monoisotopic (exact) mass is 489 g/mol. The van der Waals surface area contributed by atoms with Gasteiger partial charge in [0.05, 0.1) is 6.20 Å². The van der Waals surface area contributed by atoms with E-state index in [-0.39, 0.29) is 24.0 Å². The summed E-state index contributed by atoms with van der Waals surface area (Å²) in [4.78, 5) is 6.87. The number of hydrogen-bond donors (Lipinski definition) is 1. The van der Waals surface area contributed by atoms with Gasteiger partial charge < -0.3 is 10.2 Å². The molecule has 1 aliphatic heterocycles. The zero-order chi connectivity index (χ0) is 18.6. The molecule has 0 aliphatic carbocycles. The van der Waals surface area contributed by atoms with E-state index in [0.717, 1.165) is 38.4 Å². The van der Waals surface area contributed by atoms with Gasteiger partial charge in [0.2, 0.25) is 0 Å². The van der Waals surface area contributed by atoms with Crippen molar-refractivity contribution in [3.05, 3.63) is 66.0 Å². The minimum atomic E-state index is 0. The third-order valence-corrected chi connectivity index (χ3v) is 5.45. The van der Waals surface area contributed by atoms with E-state index >= 15 is 0 Å². The topological polar surface area (TPSA) is 45.5 Å². The molecule has 0 radical (unpaired) electrons. The normalized spacial score (nSPS) is 17.0. The number of fused-ring (bicyclic) bond motifs is 1. The van der Waals surface area contributed by atoms with Crippen molar-refractivity contribution < 1.29 is 0 Å². The molecule has 3 aromatic rings. The van der Waals surface area contributed by atoms with Gasteiger partial charge in [0.15, 0.2) is 5.96 Å². The SMILES string of the molecule is CN=C(NCCc1cccc2ccccc12)N1CCC(c2cnn(C)c2)C1.I. The number of nitrogens with zero attached hydrogens (tertiary/aromatic N) is 4. The number of aryl methyl sites for hydroxylation is 1. The Morgan fingerprint density at radius 3 is 2.82 bits per heavy atom. The highest BCUT2D eigenvalue weighted by molar-refractivity contribution is 14.0. The van der Waals surface area contributed by atoms with E-state index < -0.39 is 0 Å². The predicted octanol–water partition coefficient (Wildman–Crippen LogP) is 3.80. The predicted molar refractivity (Wildman–Crippen MR) is 127 cm³/mol. The maximum absolute atomic E-state index is 4.51. The van der Waals surface area contributed by atoms with Crippen LogP contribution < -0.4 is 5.32 Å². The number of aliphatic imine (C=N–C) groups is 1. The lowest BCUT2D eigenvalue weighted by molar-refractivity contribution is 0.486. The molecule has 6 heteroatoms. The van der Waals surface area contributed by atoms with E-state index in [1.807, 2.05) is 25.0 Å². The molecule has 0 saturated carbocycles. The standard InChI is InChI=1S/C22H27N5.HI/c1-23-22(27-13-11-19(16-27)20-14-25-26(2)15-20)24-12-10-18-8-5-7-17-6-3-4-9-21(17)18;/h3-9,14-15,19H,10-13,16H2,1-2H3,(H,23,24);1H. The number of aromatic nitrogens is 2. The summed E-state index contributed by atoms with van der Waals surface area (Å²) in [6.07, 6.45) is 6.26. The van der Waals surface area contributed by atoms with Crippen LogP contribution >= 0.6 is 24.0 Å². The van der Waals surface area contributed by atoms with Gasteiger partial charge in [-0.15, -0.1) is 24.0 Å². The first-order chi connectivity index (χ1) is 13.2. The quantitative estimate of drug-likeness (QED) is 0.345. The second kappa shape index (κ2) is 9.41. The highest BCUT2D eigenvalue weighted by Gasteiger charge is 2.26. The Labute approximate surface area is 183 Å². The lowest BCUT2D eigenvalue weighted by atomic mass is 10.0. The number of hydrogen-bond acceptors (Lipinski definition) is 2. The summed E-state index contributed by atoms with van der Waals surface area (Å²) in [5.74, 6) is 1.54. The number of benzene rings is 2. The van der Waals surface area contributed by atoms with Crippen LogP contribution in [-0.4, -0.2) is 47.3 Å². The Morgan fingerprint density at radius 2 is 2.04 bits per heavy atom. The second-order valence-electron chi connectivity index (χ2n) is 7.24. The molecule has 0 bridgehead atoms. The molecule has 0 amide bonds. The number of rotatable bonds is 4. The molecule has 1 unspecified atom stereocenters. The second-order valence-corrected chi connectivity index (χ2v) is 7.24. The summed E-state index contributed by atoms with van der Waals surface area (Å²) < 4.78 is 1.88. The van der Waals surface area contributed by atoms with Crippen LogP contribution in [0.5, 0.6) is 0 Å². The van der Waals surface area contributed by atoms with Crippen molar-refractivity contribution in [3.8, 4) is 0 Å². The maximum atomic E-state index is 4.51. The lowest BCUT2D eigenvalue weighted by Crippen LogP contribution is -2.40. The summed E-state index contributed by atoms with van der Waals surface area (Å²) >= 11 is 0. The summed E-state index contributed by atoms with van der Waals surface area (Å²) in [7, 11) is 3.85. The van der Waals surface area contributed by atoms with Crippen LogP contribution in [0.2, 0.25) is 0 Å². The van der Waals surface area contributed by atoms with Crippen LogP contribution in [0.25, 0.3) is 10.8 Å². The molecule has 1 aromatic heterocycles. The highest BCUT2D eigenvalue weighted by Crippen LogP contribution is 2.26. The van der Waals surface area contributed by atoms with Crippen molar-refractivity contribution in [3.63, 3.8) is 0 Å². The molecule has 148 valence electrons. The molecule has 28 heavy (non-hydrogen) atoms. The minimum absolute atomic E-state index is 0. The van der Waals surface area contributed by atoms with Crippen molar-refractivity contribution in [1.29, 1.82) is 0 Å². The number of halogens is 1. The van der Waals surface area contributed by atoms with Gasteiger partial charge in [0, 0.05) is 45.8 Å². The summed E-state index contributed by atoms with van der Waals surface area (Å²) in [6.45, 7) is 2.92. The number of likely N-dealkylation sites (tertiary alicyclic amines) is 1. The Kier molecular flexibility index (Phi) is 6.93. The Balaban J connectivity index is 0.00000225. The van der Waals surface area contributed by atoms with Gasteiger partial charge in [-0.25, -0.2) is 0 Å². The minimum Gasteiger partial charge on any atom is -0.356 e. The van der Waals surface area contributed by atoms with E-state index in [1.165, 1.54) is 21.9 Å². The van der Waals surface area contributed by atoms with Crippen molar-refractivity contribution in [2.75, 3.05) is 26.7 Å². The van der Waals surface area contributed by atoms with Gasteiger partial charge in [-0.2, -0.15) is 5.10 Å². The van der Waals surface area contributed by atoms with Crippen molar-refractivity contribution in [1.82, 2.24) is 20.0 Å². The fourth-order valence-electron chi connectivity index (χ4n) is 4.03. The first kappa shape index (κ1) is 20.6. The Morgan fingerprint density at radius 1 is 1.21 bits per heavy atom. The molecule has 2 heterocycles. The first-order valence-electron chi connectivity index (χ1n) is 9.65. The van der Waals surface area contributed by atoms with Gasteiger partial charge in [-0.3, -0.25) is 9.67 Å². The third kappa shape index (κ3) is 4.48. The Bertz CT molecular complexity index is 944. The van der Waals surface area contributed by atoms with Crippen LogP contribution in [-0.2, 0) is 13.5 Å². The average Bonchev–Trinajstić information content (AvgIpc) is 3.34. The number of nitrogens with one attached hydrogen (secondary N) is 1. The molecule has 1 aliphatic rings. The zero-order valence-electron chi connectivity index (χ0n) is 16.5. The molecular weight excluding hydrogens is 461 g/mol. The van der Waals surface area contributed by atoms with Crippen LogP contribution in [0.4, 0.5) is 0 Å². The van der Waals surface area contributed by atoms with Crippen LogP contribution in [0.15, 0.2) is 59.9 Å². The van der Waals surface area contributed by atoms with E-state index in [2.05, 4.69) is 69.0 Å². The average molecular weight is 489 g/mol. The molecule has 1 N–H and O–H groups in total. The maximum Gasteiger partial charge on any atom is 0.193 e. The van der Waals surface area contributed by atoms with Gasteiger partial charge in [-0.05, 0) is 34.7 Å². The van der Waals surface area contributed by atoms with Crippen LogP contribution in [0, 0.1) is 0 Å². The molecule has 0 spiro atoms. The molecule has 2 aromatic carbocycles. The largest absolute Gasteiger partial charge is 0.356 e.